The van der Waals surface area contributed by atoms with Crippen LogP contribution in [-0.2, 0) is 12.8 Å². The van der Waals surface area contributed by atoms with Gasteiger partial charge < -0.3 is 5.32 Å². The number of carbonyl (C=O) groups is 1. The molecule has 0 radical (unpaired) electrons. The standard InChI is InChI=1S/C16H20F3NOS/c17-16(18,19)10-4-3-5-11(8-10)20-15(21)13-9-22-14-7-2-1-6-12(13)14/h9-11H,1-8H2,(H,20,21). The van der Waals surface area contributed by atoms with Crippen molar-refractivity contribution in [2.24, 2.45) is 5.92 Å². The Labute approximate surface area is 132 Å². The molecule has 122 valence electrons. The highest BCUT2D eigenvalue weighted by Crippen LogP contribution is 2.38. The van der Waals surface area contributed by atoms with Crippen molar-refractivity contribution < 1.29 is 18.0 Å². The summed E-state index contributed by atoms with van der Waals surface area (Å²) < 4.78 is 38.5. The number of rotatable bonds is 2. The van der Waals surface area contributed by atoms with E-state index in [2.05, 4.69) is 5.32 Å². The van der Waals surface area contributed by atoms with E-state index in [1.54, 1.807) is 11.3 Å². The van der Waals surface area contributed by atoms with Gasteiger partial charge in [-0.3, -0.25) is 4.79 Å². The third-order valence-corrected chi connectivity index (χ3v) is 5.87. The van der Waals surface area contributed by atoms with Gasteiger partial charge in [0.25, 0.3) is 5.91 Å². The van der Waals surface area contributed by atoms with Gasteiger partial charge in [-0.1, -0.05) is 6.42 Å². The average Bonchev–Trinajstić information content (AvgIpc) is 2.90. The molecule has 22 heavy (non-hydrogen) atoms. The van der Waals surface area contributed by atoms with Crippen molar-refractivity contribution in [1.29, 1.82) is 0 Å². The van der Waals surface area contributed by atoms with Gasteiger partial charge in [0.05, 0.1) is 11.5 Å². The summed E-state index contributed by atoms with van der Waals surface area (Å²) >= 11 is 1.61. The predicted octanol–water partition coefficient (Wildman–Crippen LogP) is 4.48. The summed E-state index contributed by atoms with van der Waals surface area (Å²) in [7, 11) is 0. The second-order valence-corrected chi connectivity index (χ2v) is 7.30. The summed E-state index contributed by atoms with van der Waals surface area (Å²) in [6.45, 7) is 0. The maximum atomic E-state index is 12.8. The maximum absolute atomic E-state index is 12.8. The van der Waals surface area contributed by atoms with Crippen molar-refractivity contribution in [3.8, 4) is 0 Å². The Bertz CT molecular complexity index is 552. The van der Waals surface area contributed by atoms with Crippen LogP contribution in [0.5, 0.6) is 0 Å². The molecule has 1 heterocycles. The Morgan fingerprint density at radius 3 is 2.73 bits per heavy atom. The lowest BCUT2D eigenvalue weighted by molar-refractivity contribution is -0.183. The summed E-state index contributed by atoms with van der Waals surface area (Å²) in [5.41, 5.74) is 1.81. The molecule has 1 saturated carbocycles. The molecule has 1 aromatic heterocycles. The first kappa shape index (κ1) is 15.8. The van der Waals surface area contributed by atoms with Crippen LogP contribution in [0.1, 0.15) is 59.3 Å². The summed E-state index contributed by atoms with van der Waals surface area (Å²) in [5, 5.41) is 4.71. The average molecular weight is 331 g/mol. The quantitative estimate of drug-likeness (QED) is 0.851. The molecular formula is C16H20F3NOS. The molecule has 2 nitrogen and oxygen atoms in total. The maximum Gasteiger partial charge on any atom is 0.391 e. The molecule has 6 heteroatoms. The van der Waals surface area contributed by atoms with Gasteiger partial charge in [-0.15, -0.1) is 11.3 Å². The molecule has 0 bridgehead atoms. The first-order valence-corrected chi connectivity index (χ1v) is 8.80. The van der Waals surface area contributed by atoms with E-state index in [1.807, 2.05) is 5.38 Å². The fourth-order valence-electron chi connectivity index (χ4n) is 3.57. The molecule has 2 unspecified atom stereocenters. The minimum Gasteiger partial charge on any atom is -0.349 e. The van der Waals surface area contributed by atoms with Crippen LogP contribution in [0.2, 0.25) is 0 Å². The van der Waals surface area contributed by atoms with Crippen LogP contribution in [-0.4, -0.2) is 18.1 Å². The minimum absolute atomic E-state index is 0.0154. The normalized spacial score (nSPS) is 25.6. The zero-order valence-electron chi connectivity index (χ0n) is 12.3. The van der Waals surface area contributed by atoms with Crippen molar-refractivity contribution in [2.75, 3.05) is 0 Å². The SMILES string of the molecule is O=C(NC1CCCC(C(F)(F)F)C1)c1csc2c1CCCC2. The highest BCUT2D eigenvalue weighted by Gasteiger charge is 2.42. The number of amides is 1. The molecule has 0 spiro atoms. The van der Waals surface area contributed by atoms with Crippen LogP contribution in [0.3, 0.4) is 0 Å². The largest absolute Gasteiger partial charge is 0.391 e. The Hall–Kier alpha value is -1.04. The molecule has 1 N–H and O–H groups in total. The van der Waals surface area contributed by atoms with Crippen LogP contribution < -0.4 is 5.32 Å². The highest BCUT2D eigenvalue weighted by molar-refractivity contribution is 7.10. The van der Waals surface area contributed by atoms with E-state index in [1.165, 1.54) is 4.88 Å². The number of thiophene rings is 1. The van der Waals surface area contributed by atoms with Crippen molar-refractivity contribution in [3.63, 3.8) is 0 Å². The first-order chi connectivity index (χ1) is 10.4. The van der Waals surface area contributed by atoms with E-state index >= 15 is 0 Å². The van der Waals surface area contributed by atoms with Crippen LogP contribution >= 0.6 is 11.3 Å². The fraction of sp³-hybridized carbons (Fsp3) is 0.688. The van der Waals surface area contributed by atoms with Crippen molar-refractivity contribution >= 4 is 17.2 Å². The number of carbonyl (C=O) groups excluding carboxylic acids is 1. The second kappa shape index (κ2) is 6.22. The lowest BCUT2D eigenvalue weighted by atomic mass is 9.85. The number of hydrogen-bond acceptors (Lipinski definition) is 2. The van der Waals surface area contributed by atoms with Gasteiger partial charge in [0, 0.05) is 16.3 Å². The third-order valence-electron chi connectivity index (χ3n) is 4.78. The van der Waals surface area contributed by atoms with E-state index in [0.717, 1.165) is 31.2 Å². The van der Waals surface area contributed by atoms with Gasteiger partial charge in [-0.25, -0.2) is 0 Å². The van der Waals surface area contributed by atoms with Crippen LogP contribution in [0.15, 0.2) is 5.38 Å². The summed E-state index contributed by atoms with van der Waals surface area (Å²) in [5.74, 6) is -1.46. The first-order valence-electron chi connectivity index (χ1n) is 7.92. The number of fused-ring (bicyclic) bond motifs is 1. The molecule has 0 aromatic carbocycles. The van der Waals surface area contributed by atoms with Gasteiger partial charge in [0.15, 0.2) is 0 Å². The molecule has 1 aromatic rings. The highest BCUT2D eigenvalue weighted by atomic mass is 32.1. The molecule has 2 aliphatic carbocycles. The van der Waals surface area contributed by atoms with E-state index in [9.17, 15) is 18.0 Å². The van der Waals surface area contributed by atoms with E-state index < -0.39 is 12.1 Å². The van der Waals surface area contributed by atoms with Crippen LogP contribution in [0, 0.1) is 5.92 Å². The van der Waals surface area contributed by atoms with Crippen LogP contribution in [0.25, 0.3) is 0 Å². The van der Waals surface area contributed by atoms with Gasteiger partial charge in [0.1, 0.15) is 0 Å². The monoisotopic (exact) mass is 331 g/mol. The summed E-state index contributed by atoms with van der Waals surface area (Å²) in [6, 6.07) is -0.355. The fourth-order valence-corrected chi connectivity index (χ4v) is 4.69. The molecular weight excluding hydrogens is 311 g/mol. The van der Waals surface area contributed by atoms with E-state index in [0.29, 0.717) is 18.4 Å². The number of aryl methyl sites for hydroxylation is 1. The molecule has 1 fully saturated rings. The number of hydrogen-bond donors (Lipinski definition) is 1. The molecule has 2 aliphatic rings. The van der Waals surface area contributed by atoms with Crippen molar-refractivity contribution in [3.05, 3.63) is 21.4 Å². The van der Waals surface area contributed by atoms with Gasteiger partial charge in [-0.2, -0.15) is 13.2 Å². The van der Waals surface area contributed by atoms with E-state index in [4.69, 9.17) is 0 Å². The number of nitrogens with one attached hydrogen (secondary N) is 1. The number of alkyl halides is 3. The van der Waals surface area contributed by atoms with E-state index in [-0.39, 0.29) is 24.8 Å². The lowest BCUT2D eigenvalue weighted by Gasteiger charge is -2.31. The van der Waals surface area contributed by atoms with Crippen molar-refractivity contribution in [1.82, 2.24) is 5.32 Å². The Morgan fingerprint density at radius 1 is 1.18 bits per heavy atom. The van der Waals surface area contributed by atoms with Crippen LogP contribution in [0.4, 0.5) is 13.2 Å². The number of halogens is 3. The summed E-state index contributed by atoms with van der Waals surface area (Å²) in [4.78, 5) is 13.7. The molecule has 0 saturated heterocycles. The third kappa shape index (κ3) is 3.31. The summed E-state index contributed by atoms with van der Waals surface area (Å²) in [6.07, 6.45) is 1.40. The topological polar surface area (TPSA) is 29.1 Å². The van der Waals surface area contributed by atoms with Gasteiger partial charge in [-0.05, 0) is 50.5 Å². The Balaban J connectivity index is 1.65. The van der Waals surface area contributed by atoms with Gasteiger partial charge >= 0.3 is 6.18 Å². The molecule has 1 amide bonds. The Kier molecular flexibility index (Phi) is 4.48. The molecule has 2 atom stereocenters. The lowest BCUT2D eigenvalue weighted by Crippen LogP contribution is -2.41. The zero-order valence-corrected chi connectivity index (χ0v) is 13.2. The smallest absolute Gasteiger partial charge is 0.349 e. The molecule has 0 aliphatic heterocycles. The van der Waals surface area contributed by atoms with Crippen molar-refractivity contribution in [2.45, 2.75) is 63.6 Å². The minimum atomic E-state index is -4.15. The Morgan fingerprint density at radius 2 is 1.95 bits per heavy atom. The van der Waals surface area contributed by atoms with Gasteiger partial charge in [0.2, 0.25) is 0 Å². The second-order valence-electron chi connectivity index (χ2n) is 6.33. The predicted molar refractivity (Wildman–Crippen MR) is 80.2 cm³/mol. The molecule has 3 rings (SSSR count). The zero-order chi connectivity index (χ0) is 15.7.